The zero-order valence-electron chi connectivity index (χ0n) is 14.4. The van der Waals surface area contributed by atoms with Crippen molar-refractivity contribution in [3.63, 3.8) is 0 Å². The molecule has 3 heterocycles. The van der Waals surface area contributed by atoms with E-state index in [-0.39, 0.29) is 29.9 Å². The molecule has 8 nitrogen and oxygen atoms in total. The average Bonchev–Trinajstić information content (AvgIpc) is 2.63. The zero-order valence-corrected chi connectivity index (χ0v) is 14.4. The first-order chi connectivity index (χ1) is 12.1. The maximum absolute atomic E-state index is 12.0. The lowest BCUT2D eigenvalue weighted by Crippen LogP contribution is -2.67. The fourth-order valence-corrected chi connectivity index (χ4v) is 3.18. The lowest BCUT2D eigenvalue weighted by Gasteiger charge is -2.52. The van der Waals surface area contributed by atoms with Crippen LogP contribution in [0.15, 0.2) is 18.6 Å². The third-order valence-electron chi connectivity index (χ3n) is 4.72. The standard InChI is InChI=1S/C17H24N4O4/c1-2-24-10-15(22)21-11-17(12-21)4-3-13(9-25-17)7-20-16(23)14-8-18-5-6-19-14/h5-6,8,13H,2-4,7,9-12H2,1H3,(H,20,23). The van der Waals surface area contributed by atoms with Crippen molar-refractivity contribution >= 4 is 11.8 Å². The summed E-state index contributed by atoms with van der Waals surface area (Å²) >= 11 is 0. The van der Waals surface area contributed by atoms with Crippen molar-refractivity contribution in [2.45, 2.75) is 25.4 Å². The Bertz CT molecular complexity index is 594. The van der Waals surface area contributed by atoms with Gasteiger partial charge in [0.15, 0.2) is 0 Å². The van der Waals surface area contributed by atoms with E-state index in [1.807, 2.05) is 6.92 Å². The summed E-state index contributed by atoms with van der Waals surface area (Å²) in [6.45, 7) is 4.98. The molecule has 0 bridgehead atoms. The van der Waals surface area contributed by atoms with Crippen LogP contribution >= 0.6 is 0 Å². The largest absolute Gasteiger partial charge is 0.372 e. The van der Waals surface area contributed by atoms with E-state index in [1.165, 1.54) is 18.6 Å². The Labute approximate surface area is 146 Å². The summed E-state index contributed by atoms with van der Waals surface area (Å²) in [4.78, 5) is 33.5. The van der Waals surface area contributed by atoms with Crippen LogP contribution in [-0.2, 0) is 14.3 Å². The SMILES string of the molecule is CCOCC(=O)N1CC2(CCC(CNC(=O)c3cnccn3)CO2)C1. The van der Waals surface area contributed by atoms with Gasteiger partial charge in [0.2, 0.25) is 5.91 Å². The van der Waals surface area contributed by atoms with Gasteiger partial charge in [-0.3, -0.25) is 14.6 Å². The van der Waals surface area contributed by atoms with E-state index < -0.39 is 0 Å². The summed E-state index contributed by atoms with van der Waals surface area (Å²) in [6.07, 6.45) is 6.35. The number of hydrogen-bond acceptors (Lipinski definition) is 6. The summed E-state index contributed by atoms with van der Waals surface area (Å²) < 4.78 is 11.2. The summed E-state index contributed by atoms with van der Waals surface area (Å²) in [5.74, 6) is 0.0820. The van der Waals surface area contributed by atoms with Gasteiger partial charge in [0, 0.05) is 25.5 Å². The van der Waals surface area contributed by atoms with E-state index in [4.69, 9.17) is 9.47 Å². The Morgan fingerprint density at radius 2 is 2.28 bits per heavy atom. The van der Waals surface area contributed by atoms with Crippen LogP contribution < -0.4 is 5.32 Å². The van der Waals surface area contributed by atoms with Crippen molar-refractivity contribution in [1.82, 2.24) is 20.2 Å². The Kier molecular flexibility index (Phi) is 5.60. The van der Waals surface area contributed by atoms with Gasteiger partial charge < -0.3 is 19.7 Å². The zero-order chi connectivity index (χ0) is 17.7. The number of nitrogens with zero attached hydrogens (tertiary/aromatic N) is 3. The van der Waals surface area contributed by atoms with E-state index in [2.05, 4.69) is 15.3 Å². The van der Waals surface area contributed by atoms with Crippen LogP contribution in [0.25, 0.3) is 0 Å². The monoisotopic (exact) mass is 348 g/mol. The van der Waals surface area contributed by atoms with Gasteiger partial charge in [-0.15, -0.1) is 0 Å². The predicted octanol–water partition coefficient (Wildman–Crippen LogP) is 0.251. The van der Waals surface area contributed by atoms with Crippen molar-refractivity contribution in [1.29, 1.82) is 0 Å². The Morgan fingerprint density at radius 3 is 2.92 bits per heavy atom. The van der Waals surface area contributed by atoms with Crippen molar-refractivity contribution in [2.75, 3.05) is 39.5 Å². The quantitative estimate of drug-likeness (QED) is 0.792. The van der Waals surface area contributed by atoms with Crippen molar-refractivity contribution in [3.05, 3.63) is 24.3 Å². The van der Waals surface area contributed by atoms with Crippen LogP contribution in [0.1, 0.15) is 30.3 Å². The highest BCUT2D eigenvalue weighted by Crippen LogP contribution is 2.35. The average molecular weight is 348 g/mol. The molecule has 1 aromatic rings. The molecule has 1 N–H and O–H groups in total. The molecule has 0 aliphatic carbocycles. The van der Waals surface area contributed by atoms with Gasteiger partial charge in [-0.1, -0.05) is 0 Å². The predicted molar refractivity (Wildman–Crippen MR) is 88.8 cm³/mol. The molecule has 1 atom stereocenters. The summed E-state index contributed by atoms with van der Waals surface area (Å²) in [6, 6.07) is 0. The van der Waals surface area contributed by atoms with Gasteiger partial charge in [0.25, 0.3) is 5.91 Å². The number of nitrogens with one attached hydrogen (secondary N) is 1. The second-order valence-electron chi connectivity index (χ2n) is 6.59. The molecule has 8 heteroatoms. The van der Waals surface area contributed by atoms with E-state index in [0.29, 0.717) is 38.5 Å². The van der Waals surface area contributed by atoms with Gasteiger partial charge in [-0.25, -0.2) is 4.98 Å². The van der Waals surface area contributed by atoms with Crippen LogP contribution in [0.2, 0.25) is 0 Å². The smallest absolute Gasteiger partial charge is 0.271 e. The van der Waals surface area contributed by atoms with Gasteiger partial charge in [-0.2, -0.15) is 0 Å². The van der Waals surface area contributed by atoms with Gasteiger partial charge in [0.1, 0.15) is 17.9 Å². The van der Waals surface area contributed by atoms with Crippen LogP contribution in [0.5, 0.6) is 0 Å². The van der Waals surface area contributed by atoms with Crippen LogP contribution in [0.4, 0.5) is 0 Å². The molecule has 1 aromatic heterocycles. The maximum atomic E-state index is 12.0. The molecule has 2 aliphatic heterocycles. The molecule has 0 aromatic carbocycles. The minimum atomic E-state index is -0.218. The van der Waals surface area contributed by atoms with Crippen molar-refractivity contribution in [3.8, 4) is 0 Å². The highest BCUT2D eigenvalue weighted by Gasteiger charge is 2.48. The summed E-state index contributed by atoms with van der Waals surface area (Å²) in [5, 5.41) is 2.88. The first-order valence-electron chi connectivity index (χ1n) is 8.65. The maximum Gasteiger partial charge on any atom is 0.271 e. The number of amides is 2. The second-order valence-corrected chi connectivity index (χ2v) is 6.59. The first-order valence-corrected chi connectivity index (χ1v) is 8.65. The molecular weight excluding hydrogens is 324 g/mol. The number of aromatic nitrogens is 2. The van der Waals surface area contributed by atoms with Crippen molar-refractivity contribution < 1.29 is 19.1 Å². The molecule has 2 fully saturated rings. The molecule has 2 aliphatic rings. The molecule has 3 rings (SSSR count). The number of ether oxygens (including phenoxy) is 2. The van der Waals surface area contributed by atoms with Crippen LogP contribution in [-0.4, -0.2) is 71.7 Å². The molecule has 25 heavy (non-hydrogen) atoms. The van der Waals surface area contributed by atoms with E-state index in [9.17, 15) is 9.59 Å². The van der Waals surface area contributed by atoms with Gasteiger partial charge in [0.05, 0.1) is 25.9 Å². The van der Waals surface area contributed by atoms with Crippen molar-refractivity contribution in [2.24, 2.45) is 5.92 Å². The Morgan fingerprint density at radius 1 is 1.44 bits per heavy atom. The fraction of sp³-hybridized carbons (Fsp3) is 0.647. The molecule has 2 amide bonds. The first kappa shape index (κ1) is 17.8. The Balaban J connectivity index is 1.37. The fourth-order valence-electron chi connectivity index (χ4n) is 3.18. The number of likely N-dealkylation sites (tertiary alicyclic amines) is 1. The molecule has 2 saturated heterocycles. The number of carbonyl (C=O) groups excluding carboxylic acids is 2. The molecule has 1 unspecified atom stereocenters. The molecule has 0 saturated carbocycles. The van der Waals surface area contributed by atoms with Gasteiger partial charge >= 0.3 is 0 Å². The second kappa shape index (κ2) is 7.88. The summed E-state index contributed by atoms with van der Waals surface area (Å²) in [7, 11) is 0. The minimum absolute atomic E-state index is 0.0226. The third kappa shape index (κ3) is 4.32. The number of hydrogen-bond donors (Lipinski definition) is 1. The third-order valence-corrected chi connectivity index (χ3v) is 4.72. The number of rotatable bonds is 6. The lowest BCUT2D eigenvalue weighted by molar-refractivity contribution is -0.190. The highest BCUT2D eigenvalue weighted by molar-refractivity contribution is 5.91. The molecular formula is C17H24N4O4. The Hall–Kier alpha value is -2.06. The topological polar surface area (TPSA) is 93.7 Å². The summed E-state index contributed by atoms with van der Waals surface area (Å²) in [5.41, 5.74) is 0.117. The molecule has 136 valence electrons. The molecule has 0 radical (unpaired) electrons. The highest BCUT2D eigenvalue weighted by atomic mass is 16.5. The van der Waals surface area contributed by atoms with Crippen LogP contribution in [0.3, 0.4) is 0 Å². The lowest BCUT2D eigenvalue weighted by atomic mass is 9.83. The number of carbonyl (C=O) groups is 2. The van der Waals surface area contributed by atoms with E-state index >= 15 is 0 Å². The van der Waals surface area contributed by atoms with E-state index in [0.717, 1.165) is 12.8 Å². The van der Waals surface area contributed by atoms with E-state index in [1.54, 1.807) is 4.90 Å². The minimum Gasteiger partial charge on any atom is -0.372 e. The van der Waals surface area contributed by atoms with Gasteiger partial charge in [-0.05, 0) is 25.7 Å². The normalized spacial score (nSPS) is 21.6. The molecule has 1 spiro atoms. The van der Waals surface area contributed by atoms with Crippen LogP contribution in [0, 0.1) is 5.92 Å².